The molecule has 0 aromatic carbocycles. The molecular formula is C19H34N6O. The number of nitrogens with zero attached hydrogens (tertiary/aromatic N) is 5. The van der Waals surface area contributed by atoms with E-state index in [1.165, 1.54) is 25.7 Å². The Labute approximate surface area is 157 Å². The first-order valence-corrected chi connectivity index (χ1v) is 10.2. The van der Waals surface area contributed by atoms with Gasteiger partial charge in [0.2, 0.25) is 0 Å². The molecule has 7 nitrogen and oxygen atoms in total. The van der Waals surface area contributed by atoms with Gasteiger partial charge in [0.25, 0.3) is 0 Å². The van der Waals surface area contributed by atoms with E-state index in [0.29, 0.717) is 12.6 Å². The summed E-state index contributed by atoms with van der Waals surface area (Å²) in [4.78, 5) is 7.13. The quantitative estimate of drug-likeness (QED) is 0.621. The molecule has 0 atom stereocenters. The lowest BCUT2D eigenvalue weighted by Gasteiger charge is -2.34. The molecule has 1 aliphatic heterocycles. The van der Waals surface area contributed by atoms with Crippen LogP contribution >= 0.6 is 0 Å². The van der Waals surface area contributed by atoms with Gasteiger partial charge in [0.05, 0.1) is 6.10 Å². The van der Waals surface area contributed by atoms with Gasteiger partial charge in [-0.1, -0.05) is 12.8 Å². The van der Waals surface area contributed by atoms with E-state index in [1.54, 1.807) is 0 Å². The van der Waals surface area contributed by atoms with Crippen LogP contribution in [0.5, 0.6) is 0 Å². The number of aryl methyl sites for hydroxylation is 1. The molecule has 26 heavy (non-hydrogen) atoms. The molecule has 1 aliphatic carbocycles. The zero-order valence-electron chi connectivity index (χ0n) is 16.6. The second-order valence-electron chi connectivity index (χ2n) is 7.56. The normalized spacial score (nSPS) is 20.1. The van der Waals surface area contributed by atoms with Gasteiger partial charge in [-0.25, -0.2) is 4.99 Å². The molecule has 0 amide bonds. The van der Waals surface area contributed by atoms with Gasteiger partial charge in [0, 0.05) is 33.3 Å². The van der Waals surface area contributed by atoms with Gasteiger partial charge >= 0.3 is 0 Å². The van der Waals surface area contributed by atoms with Crippen LogP contribution in [0, 0.1) is 12.8 Å². The molecule has 1 aromatic rings. The smallest absolute Gasteiger partial charge is 0.194 e. The predicted molar refractivity (Wildman–Crippen MR) is 103 cm³/mol. The number of hydrogen-bond acceptors (Lipinski definition) is 4. The minimum absolute atomic E-state index is 0.413. The average molecular weight is 363 g/mol. The molecule has 3 rings (SSSR count). The molecule has 2 fully saturated rings. The molecule has 0 radical (unpaired) electrons. The molecule has 0 bridgehead atoms. The van der Waals surface area contributed by atoms with Crippen molar-refractivity contribution in [1.82, 2.24) is 25.0 Å². The molecule has 1 aromatic heterocycles. The fourth-order valence-electron chi connectivity index (χ4n) is 3.84. The Bertz CT molecular complexity index is 585. The third kappa shape index (κ3) is 4.96. The number of ether oxygens (including phenoxy) is 1. The van der Waals surface area contributed by atoms with Crippen LogP contribution < -0.4 is 5.32 Å². The lowest BCUT2D eigenvalue weighted by molar-refractivity contribution is 0.00101. The monoisotopic (exact) mass is 362 g/mol. The van der Waals surface area contributed by atoms with Gasteiger partial charge in [-0.15, -0.1) is 10.2 Å². The Morgan fingerprint density at radius 2 is 1.92 bits per heavy atom. The minimum Gasteiger partial charge on any atom is -0.378 e. The van der Waals surface area contributed by atoms with Gasteiger partial charge in [0.15, 0.2) is 11.8 Å². The maximum Gasteiger partial charge on any atom is 0.194 e. The van der Waals surface area contributed by atoms with Crippen LogP contribution in [-0.4, -0.2) is 58.0 Å². The summed E-state index contributed by atoms with van der Waals surface area (Å²) in [6, 6.07) is 0. The zero-order valence-corrected chi connectivity index (χ0v) is 16.6. The molecule has 2 aliphatic rings. The fraction of sp³-hybridized carbons (Fsp3) is 0.842. The summed E-state index contributed by atoms with van der Waals surface area (Å²) in [7, 11) is 1.99. The molecule has 1 N–H and O–H groups in total. The van der Waals surface area contributed by atoms with Crippen molar-refractivity contribution in [2.75, 3.05) is 26.2 Å². The summed E-state index contributed by atoms with van der Waals surface area (Å²) in [5.74, 6) is 3.59. The highest BCUT2D eigenvalue weighted by Crippen LogP contribution is 2.26. The number of aromatic nitrogens is 3. The van der Waals surface area contributed by atoms with Crippen LogP contribution in [0.3, 0.4) is 0 Å². The summed E-state index contributed by atoms with van der Waals surface area (Å²) < 4.78 is 8.19. The number of nitrogens with one attached hydrogen (secondary N) is 1. The van der Waals surface area contributed by atoms with Crippen LogP contribution in [-0.2, 0) is 18.3 Å². The average Bonchev–Trinajstić information content (AvgIpc) is 3.29. The van der Waals surface area contributed by atoms with Crippen LogP contribution in [0.2, 0.25) is 0 Å². The Balaban J connectivity index is 1.49. The third-order valence-electron chi connectivity index (χ3n) is 5.67. The van der Waals surface area contributed by atoms with E-state index >= 15 is 0 Å². The lowest BCUT2D eigenvalue weighted by Crippen LogP contribution is -2.47. The van der Waals surface area contributed by atoms with Crippen molar-refractivity contribution in [3.05, 3.63) is 11.6 Å². The summed E-state index contributed by atoms with van der Waals surface area (Å²) in [6.45, 7) is 8.45. The molecule has 1 saturated carbocycles. The molecule has 0 unspecified atom stereocenters. The fourth-order valence-corrected chi connectivity index (χ4v) is 3.84. The topological polar surface area (TPSA) is 67.6 Å². The van der Waals surface area contributed by atoms with Crippen LogP contribution in [0.4, 0.5) is 0 Å². The Hall–Kier alpha value is -1.63. The Kier molecular flexibility index (Phi) is 6.88. The predicted octanol–water partition coefficient (Wildman–Crippen LogP) is 2.26. The van der Waals surface area contributed by atoms with Crippen molar-refractivity contribution in [2.45, 2.75) is 65.0 Å². The molecule has 0 spiro atoms. The minimum atomic E-state index is 0.413. The summed E-state index contributed by atoms with van der Waals surface area (Å²) >= 11 is 0. The number of guanidine groups is 1. The standard InChI is InChI=1S/C19H34N6O/c1-4-20-19(21-13-18-23-22-15(2)24(18)3)25-11-9-17(10-12-25)26-14-16-7-5-6-8-16/h16-17H,4-14H2,1-3H3,(H,20,21). The first-order valence-electron chi connectivity index (χ1n) is 10.2. The van der Waals surface area contributed by atoms with E-state index in [1.807, 2.05) is 18.5 Å². The first-order chi connectivity index (χ1) is 12.7. The van der Waals surface area contributed by atoms with Crippen molar-refractivity contribution in [3.8, 4) is 0 Å². The number of likely N-dealkylation sites (tertiary alicyclic amines) is 1. The van der Waals surface area contributed by atoms with Crippen molar-refractivity contribution in [1.29, 1.82) is 0 Å². The molecule has 2 heterocycles. The lowest BCUT2D eigenvalue weighted by atomic mass is 10.1. The third-order valence-corrected chi connectivity index (χ3v) is 5.67. The maximum absolute atomic E-state index is 6.19. The van der Waals surface area contributed by atoms with E-state index in [9.17, 15) is 0 Å². The molecular weight excluding hydrogens is 328 g/mol. The van der Waals surface area contributed by atoms with Crippen molar-refractivity contribution >= 4 is 5.96 Å². The maximum atomic E-state index is 6.19. The van der Waals surface area contributed by atoms with E-state index in [2.05, 4.69) is 27.3 Å². The summed E-state index contributed by atoms with van der Waals surface area (Å²) in [5.41, 5.74) is 0. The largest absolute Gasteiger partial charge is 0.378 e. The highest BCUT2D eigenvalue weighted by molar-refractivity contribution is 5.80. The number of aliphatic imine (C=N–C) groups is 1. The summed E-state index contributed by atoms with van der Waals surface area (Å²) in [5, 5.41) is 11.7. The molecule has 7 heteroatoms. The van der Waals surface area contributed by atoms with Crippen LogP contribution in [0.1, 0.15) is 57.1 Å². The highest BCUT2D eigenvalue weighted by Gasteiger charge is 2.24. The van der Waals surface area contributed by atoms with E-state index in [0.717, 1.165) is 62.6 Å². The van der Waals surface area contributed by atoms with E-state index in [4.69, 9.17) is 9.73 Å². The van der Waals surface area contributed by atoms with Crippen molar-refractivity contribution in [3.63, 3.8) is 0 Å². The van der Waals surface area contributed by atoms with Gasteiger partial charge in [-0.05, 0) is 45.4 Å². The summed E-state index contributed by atoms with van der Waals surface area (Å²) in [6.07, 6.45) is 8.08. The second-order valence-corrected chi connectivity index (χ2v) is 7.56. The van der Waals surface area contributed by atoms with Crippen molar-refractivity contribution < 1.29 is 4.74 Å². The number of hydrogen-bond donors (Lipinski definition) is 1. The SMILES string of the molecule is CCNC(=NCc1nnc(C)n1C)N1CCC(OCC2CCCC2)CC1. The molecule has 146 valence electrons. The Morgan fingerprint density at radius 3 is 2.54 bits per heavy atom. The van der Waals surface area contributed by atoms with Crippen LogP contribution in [0.15, 0.2) is 4.99 Å². The molecule has 1 saturated heterocycles. The highest BCUT2D eigenvalue weighted by atomic mass is 16.5. The van der Waals surface area contributed by atoms with E-state index in [-0.39, 0.29) is 0 Å². The number of piperidine rings is 1. The van der Waals surface area contributed by atoms with Gasteiger partial charge in [-0.2, -0.15) is 0 Å². The van der Waals surface area contributed by atoms with Gasteiger partial charge < -0.3 is 19.5 Å². The van der Waals surface area contributed by atoms with Crippen LogP contribution in [0.25, 0.3) is 0 Å². The first kappa shape index (κ1) is 19.1. The van der Waals surface area contributed by atoms with E-state index < -0.39 is 0 Å². The van der Waals surface area contributed by atoms with Crippen molar-refractivity contribution in [2.24, 2.45) is 18.0 Å². The van der Waals surface area contributed by atoms with Gasteiger partial charge in [-0.3, -0.25) is 0 Å². The Morgan fingerprint density at radius 1 is 1.19 bits per heavy atom. The van der Waals surface area contributed by atoms with Gasteiger partial charge in [0.1, 0.15) is 12.4 Å². The zero-order chi connectivity index (χ0) is 18.4. The second kappa shape index (κ2) is 9.35. The number of rotatable bonds is 6.